The highest BCUT2D eigenvalue weighted by Crippen LogP contribution is 2.28. The Kier molecular flexibility index (Phi) is 7.25. The van der Waals surface area contributed by atoms with Crippen LogP contribution in [-0.4, -0.2) is 43.5 Å². The summed E-state index contributed by atoms with van der Waals surface area (Å²) < 4.78 is 10.7. The lowest BCUT2D eigenvalue weighted by Gasteiger charge is -2.32. The van der Waals surface area contributed by atoms with Crippen LogP contribution in [0.3, 0.4) is 0 Å². The zero-order valence-corrected chi connectivity index (χ0v) is 18.7. The molecule has 1 saturated heterocycles. The van der Waals surface area contributed by atoms with E-state index in [0.29, 0.717) is 28.7 Å². The van der Waals surface area contributed by atoms with Crippen molar-refractivity contribution in [1.29, 1.82) is 0 Å². The largest absolute Gasteiger partial charge is 0.497 e. The standard InChI is InChI=1S/C27H28N2O4/c1-32-25-9-5-8-23(18-25)28-26(30)19-33-24-12-10-22(11-13-24)27(31)29-16-14-21(15-17-29)20-6-3-2-4-7-20/h2-13,18,21H,14-17,19H2,1H3,(H,28,30). The van der Waals surface area contributed by atoms with Crippen molar-refractivity contribution in [3.63, 3.8) is 0 Å². The zero-order chi connectivity index (χ0) is 23.0. The van der Waals surface area contributed by atoms with E-state index in [-0.39, 0.29) is 18.4 Å². The fourth-order valence-corrected chi connectivity index (χ4v) is 4.06. The fraction of sp³-hybridized carbons (Fsp3) is 0.259. The number of ether oxygens (including phenoxy) is 2. The predicted molar refractivity (Wildman–Crippen MR) is 128 cm³/mol. The fourth-order valence-electron chi connectivity index (χ4n) is 4.06. The number of carbonyl (C=O) groups excluding carboxylic acids is 2. The number of carbonyl (C=O) groups is 2. The van der Waals surface area contributed by atoms with Gasteiger partial charge in [-0.2, -0.15) is 0 Å². The number of rotatable bonds is 7. The SMILES string of the molecule is COc1cccc(NC(=O)COc2ccc(C(=O)N3CCC(c4ccccc4)CC3)cc2)c1. The quantitative estimate of drug-likeness (QED) is 0.572. The Morgan fingerprint density at radius 3 is 2.33 bits per heavy atom. The minimum Gasteiger partial charge on any atom is -0.497 e. The van der Waals surface area contributed by atoms with E-state index in [1.165, 1.54) is 5.56 Å². The van der Waals surface area contributed by atoms with Crippen molar-refractivity contribution in [2.75, 3.05) is 32.1 Å². The number of hydrogen-bond donors (Lipinski definition) is 1. The highest BCUT2D eigenvalue weighted by atomic mass is 16.5. The molecule has 0 atom stereocenters. The predicted octanol–water partition coefficient (Wildman–Crippen LogP) is 4.73. The van der Waals surface area contributed by atoms with E-state index in [4.69, 9.17) is 9.47 Å². The van der Waals surface area contributed by atoms with Crippen LogP contribution in [0.15, 0.2) is 78.9 Å². The summed E-state index contributed by atoms with van der Waals surface area (Å²) in [5.41, 5.74) is 2.61. The van der Waals surface area contributed by atoms with Crippen LogP contribution in [0, 0.1) is 0 Å². The number of methoxy groups -OCH3 is 1. The van der Waals surface area contributed by atoms with E-state index in [0.717, 1.165) is 25.9 Å². The van der Waals surface area contributed by atoms with Crippen LogP contribution in [0.1, 0.15) is 34.7 Å². The first-order chi connectivity index (χ1) is 16.1. The highest BCUT2D eigenvalue weighted by Gasteiger charge is 2.24. The van der Waals surface area contributed by atoms with Gasteiger partial charge in [0.05, 0.1) is 7.11 Å². The van der Waals surface area contributed by atoms with Crippen molar-refractivity contribution in [2.24, 2.45) is 0 Å². The average molecular weight is 445 g/mol. The first-order valence-electron chi connectivity index (χ1n) is 11.1. The summed E-state index contributed by atoms with van der Waals surface area (Å²) in [5, 5.41) is 2.77. The molecule has 0 saturated carbocycles. The number of piperidine rings is 1. The number of nitrogens with one attached hydrogen (secondary N) is 1. The van der Waals surface area contributed by atoms with E-state index in [9.17, 15) is 9.59 Å². The van der Waals surface area contributed by atoms with Gasteiger partial charge in [-0.05, 0) is 60.7 Å². The van der Waals surface area contributed by atoms with E-state index < -0.39 is 0 Å². The summed E-state index contributed by atoms with van der Waals surface area (Å²) in [6, 6.07) is 24.6. The van der Waals surface area contributed by atoms with Gasteiger partial charge in [0.25, 0.3) is 11.8 Å². The van der Waals surface area contributed by atoms with Crippen molar-refractivity contribution in [3.8, 4) is 11.5 Å². The second-order valence-corrected chi connectivity index (χ2v) is 8.07. The summed E-state index contributed by atoms with van der Waals surface area (Å²) in [4.78, 5) is 27.0. The van der Waals surface area contributed by atoms with Gasteiger partial charge in [-0.15, -0.1) is 0 Å². The third kappa shape index (κ3) is 5.92. The molecule has 3 aromatic carbocycles. The van der Waals surface area contributed by atoms with E-state index in [1.807, 2.05) is 11.0 Å². The molecule has 0 radical (unpaired) electrons. The molecule has 4 rings (SSSR count). The maximum atomic E-state index is 12.9. The lowest BCUT2D eigenvalue weighted by Crippen LogP contribution is -2.37. The Hall–Kier alpha value is -3.80. The van der Waals surface area contributed by atoms with Gasteiger partial charge in [0.2, 0.25) is 0 Å². The Bertz CT molecular complexity index is 1070. The molecule has 0 bridgehead atoms. The van der Waals surface area contributed by atoms with Gasteiger partial charge in [-0.25, -0.2) is 0 Å². The monoisotopic (exact) mass is 444 g/mol. The normalized spacial score (nSPS) is 13.9. The van der Waals surface area contributed by atoms with Gasteiger partial charge in [-0.3, -0.25) is 9.59 Å². The molecule has 3 aromatic rings. The van der Waals surface area contributed by atoms with Crippen molar-refractivity contribution in [1.82, 2.24) is 4.90 Å². The molecule has 33 heavy (non-hydrogen) atoms. The van der Waals surface area contributed by atoms with Gasteiger partial charge in [0.15, 0.2) is 6.61 Å². The second-order valence-electron chi connectivity index (χ2n) is 8.07. The van der Waals surface area contributed by atoms with E-state index in [2.05, 4.69) is 29.6 Å². The minimum atomic E-state index is -0.273. The zero-order valence-electron chi connectivity index (χ0n) is 18.7. The molecule has 1 fully saturated rings. The van der Waals surface area contributed by atoms with Crippen LogP contribution in [0.4, 0.5) is 5.69 Å². The molecule has 0 aromatic heterocycles. The van der Waals surface area contributed by atoms with Crippen LogP contribution >= 0.6 is 0 Å². The summed E-state index contributed by atoms with van der Waals surface area (Å²) >= 11 is 0. The molecule has 1 aliphatic heterocycles. The van der Waals surface area contributed by atoms with Gasteiger partial charge in [-0.1, -0.05) is 36.4 Å². The van der Waals surface area contributed by atoms with E-state index >= 15 is 0 Å². The summed E-state index contributed by atoms with van der Waals surface area (Å²) in [6.07, 6.45) is 1.94. The second kappa shape index (κ2) is 10.7. The minimum absolute atomic E-state index is 0.0313. The van der Waals surface area contributed by atoms with Crippen LogP contribution in [0.2, 0.25) is 0 Å². The highest BCUT2D eigenvalue weighted by molar-refractivity contribution is 5.94. The van der Waals surface area contributed by atoms with Crippen molar-refractivity contribution in [3.05, 3.63) is 90.0 Å². The third-order valence-corrected chi connectivity index (χ3v) is 5.88. The van der Waals surface area contributed by atoms with Gasteiger partial charge >= 0.3 is 0 Å². The van der Waals surface area contributed by atoms with Gasteiger partial charge < -0.3 is 19.7 Å². The van der Waals surface area contributed by atoms with Gasteiger partial charge in [0, 0.05) is 30.4 Å². The van der Waals surface area contributed by atoms with Crippen LogP contribution in [0.5, 0.6) is 11.5 Å². The molecule has 1 heterocycles. The van der Waals surface area contributed by atoms with Crippen LogP contribution < -0.4 is 14.8 Å². The first-order valence-corrected chi connectivity index (χ1v) is 11.1. The van der Waals surface area contributed by atoms with Crippen molar-refractivity contribution >= 4 is 17.5 Å². The lowest BCUT2D eigenvalue weighted by molar-refractivity contribution is -0.118. The summed E-state index contributed by atoms with van der Waals surface area (Å²) in [5.74, 6) is 1.47. The molecule has 0 aliphatic carbocycles. The molecule has 6 heteroatoms. The molecular weight excluding hydrogens is 416 g/mol. The number of likely N-dealkylation sites (tertiary alicyclic amines) is 1. The summed E-state index contributed by atoms with van der Waals surface area (Å²) in [7, 11) is 1.57. The Labute approximate surface area is 194 Å². The third-order valence-electron chi connectivity index (χ3n) is 5.88. The topological polar surface area (TPSA) is 67.9 Å². The Morgan fingerprint density at radius 1 is 0.909 bits per heavy atom. The van der Waals surface area contributed by atoms with Crippen molar-refractivity contribution < 1.29 is 19.1 Å². The van der Waals surface area contributed by atoms with Crippen LogP contribution in [0.25, 0.3) is 0 Å². The molecule has 0 spiro atoms. The number of anilines is 1. The lowest BCUT2D eigenvalue weighted by atomic mass is 9.89. The number of benzene rings is 3. The summed E-state index contributed by atoms with van der Waals surface area (Å²) in [6.45, 7) is 1.37. The maximum absolute atomic E-state index is 12.9. The van der Waals surface area contributed by atoms with Crippen molar-refractivity contribution in [2.45, 2.75) is 18.8 Å². The number of amides is 2. The molecule has 0 unspecified atom stereocenters. The number of nitrogens with zero attached hydrogens (tertiary/aromatic N) is 1. The Morgan fingerprint density at radius 2 is 1.64 bits per heavy atom. The molecular formula is C27H28N2O4. The van der Waals surface area contributed by atoms with E-state index in [1.54, 1.807) is 55.6 Å². The Balaban J connectivity index is 1.25. The molecule has 170 valence electrons. The molecule has 1 aliphatic rings. The smallest absolute Gasteiger partial charge is 0.262 e. The van der Waals surface area contributed by atoms with Crippen LogP contribution in [-0.2, 0) is 4.79 Å². The van der Waals surface area contributed by atoms with Gasteiger partial charge in [0.1, 0.15) is 11.5 Å². The molecule has 6 nitrogen and oxygen atoms in total. The first kappa shape index (κ1) is 22.4. The number of hydrogen-bond acceptors (Lipinski definition) is 4. The average Bonchev–Trinajstić information content (AvgIpc) is 2.88. The maximum Gasteiger partial charge on any atom is 0.262 e. The molecule has 2 amide bonds. The molecule has 1 N–H and O–H groups in total.